The third-order valence-electron chi connectivity index (χ3n) is 4.24. The van der Waals surface area contributed by atoms with E-state index in [1.165, 1.54) is 36.4 Å². The monoisotopic (exact) mass is 395 g/mol. The molecule has 0 bridgehead atoms. The Hall–Kier alpha value is -3.78. The molecule has 0 saturated heterocycles. The number of hydrogen-bond donors (Lipinski definition) is 3. The van der Waals surface area contributed by atoms with E-state index < -0.39 is 16.9 Å². The number of hydrogen-bond acceptors (Lipinski definition) is 5. The number of nitrogens with zero attached hydrogens (tertiary/aromatic N) is 1. The van der Waals surface area contributed by atoms with Gasteiger partial charge in [-0.25, -0.2) is 4.39 Å². The molecule has 148 valence electrons. The number of nitrogens with one attached hydrogen (secondary N) is 2. The van der Waals surface area contributed by atoms with Gasteiger partial charge in [-0.2, -0.15) is 0 Å². The number of para-hydroxylation sites is 1. The lowest BCUT2D eigenvalue weighted by atomic mass is 10.1. The molecule has 1 unspecified atom stereocenters. The highest BCUT2D eigenvalue weighted by Crippen LogP contribution is 2.22. The third kappa shape index (κ3) is 5.14. The predicted octanol–water partition coefficient (Wildman–Crippen LogP) is 3.94. The van der Waals surface area contributed by atoms with Crippen LogP contribution < -0.4 is 10.6 Å². The number of aliphatic hydroxyl groups excluding tert-OH is 1. The van der Waals surface area contributed by atoms with Crippen molar-refractivity contribution in [3.05, 3.63) is 99.9 Å². The number of rotatable bonds is 7. The summed E-state index contributed by atoms with van der Waals surface area (Å²) in [5.41, 5.74) is 1.88. The van der Waals surface area contributed by atoms with Crippen molar-refractivity contribution in [3.63, 3.8) is 0 Å². The molecule has 0 aliphatic rings. The normalized spacial score (nSPS) is 11.5. The van der Waals surface area contributed by atoms with Gasteiger partial charge in [0.25, 0.3) is 11.6 Å². The number of aliphatic hydroxyl groups is 1. The molecule has 3 rings (SSSR count). The average molecular weight is 395 g/mol. The van der Waals surface area contributed by atoms with E-state index in [4.69, 9.17) is 0 Å². The van der Waals surface area contributed by atoms with Crippen LogP contribution in [-0.2, 0) is 0 Å². The first-order valence-corrected chi connectivity index (χ1v) is 8.76. The van der Waals surface area contributed by atoms with Gasteiger partial charge in [0.1, 0.15) is 5.82 Å². The molecule has 0 spiro atoms. The van der Waals surface area contributed by atoms with Crippen LogP contribution in [0.4, 0.5) is 21.5 Å². The number of non-ortho nitro benzene ring substituents is 1. The summed E-state index contributed by atoms with van der Waals surface area (Å²) in [6.45, 7) is -0.0679. The van der Waals surface area contributed by atoms with Crippen LogP contribution in [0.1, 0.15) is 22.0 Å². The first-order valence-electron chi connectivity index (χ1n) is 8.76. The predicted molar refractivity (Wildman–Crippen MR) is 107 cm³/mol. The van der Waals surface area contributed by atoms with E-state index in [1.807, 2.05) is 0 Å². The molecular weight excluding hydrogens is 377 g/mol. The molecule has 0 aromatic heterocycles. The second-order valence-electron chi connectivity index (χ2n) is 6.25. The molecule has 1 atom stereocenters. The van der Waals surface area contributed by atoms with E-state index in [2.05, 4.69) is 10.6 Å². The molecule has 3 N–H and O–H groups in total. The van der Waals surface area contributed by atoms with Gasteiger partial charge in [0, 0.05) is 24.4 Å². The molecule has 3 aromatic rings. The third-order valence-corrected chi connectivity index (χ3v) is 4.24. The van der Waals surface area contributed by atoms with Gasteiger partial charge in [0.05, 0.1) is 22.3 Å². The Bertz CT molecular complexity index is 1010. The minimum Gasteiger partial charge on any atom is -0.387 e. The first-order chi connectivity index (χ1) is 13.9. The zero-order chi connectivity index (χ0) is 20.8. The quantitative estimate of drug-likeness (QED) is 0.415. The molecule has 0 aliphatic carbocycles. The fourth-order valence-corrected chi connectivity index (χ4v) is 2.70. The summed E-state index contributed by atoms with van der Waals surface area (Å²) in [6, 6.07) is 18.0. The Morgan fingerprint density at radius 1 is 1.03 bits per heavy atom. The van der Waals surface area contributed by atoms with Gasteiger partial charge >= 0.3 is 0 Å². The van der Waals surface area contributed by atoms with Crippen LogP contribution in [-0.4, -0.2) is 22.5 Å². The highest BCUT2D eigenvalue weighted by Gasteiger charge is 2.15. The zero-order valence-corrected chi connectivity index (χ0v) is 15.2. The van der Waals surface area contributed by atoms with E-state index in [0.717, 1.165) is 0 Å². The van der Waals surface area contributed by atoms with Crippen LogP contribution in [0.2, 0.25) is 0 Å². The van der Waals surface area contributed by atoms with Crippen LogP contribution in [0.25, 0.3) is 0 Å². The van der Waals surface area contributed by atoms with Crippen molar-refractivity contribution in [2.45, 2.75) is 6.10 Å². The van der Waals surface area contributed by atoms with Crippen molar-refractivity contribution in [1.29, 1.82) is 0 Å². The highest BCUT2D eigenvalue weighted by molar-refractivity contribution is 6.00. The lowest BCUT2D eigenvalue weighted by Gasteiger charge is -2.15. The Balaban J connectivity index is 1.66. The smallest absolute Gasteiger partial charge is 0.269 e. The summed E-state index contributed by atoms with van der Waals surface area (Å²) in [5, 5.41) is 26.6. The maximum Gasteiger partial charge on any atom is 0.269 e. The average Bonchev–Trinajstić information content (AvgIpc) is 2.74. The molecule has 0 fully saturated rings. The number of carbonyl (C=O) groups excluding carboxylic acids is 1. The van der Waals surface area contributed by atoms with Gasteiger partial charge in [-0.15, -0.1) is 0 Å². The second-order valence-corrected chi connectivity index (χ2v) is 6.25. The van der Waals surface area contributed by atoms with Gasteiger partial charge in [0.15, 0.2) is 0 Å². The van der Waals surface area contributed by atoms with Gasteiger partial charge in [0.2, 0.25) is 0 Å². The molecule has 7 nitrogen and oxygen atoms in total. The van der Waals surface area contributed by atoms with Crippen LogP contribution >= 0.6 is 0 Å². The molecule has 0 heterocycles. The molecule has 0 saturated carbocycles. The summed E-state index contributed by atoms with van der Waals surface area (Å²) < 4.78 is 13.1. The number of benzene rings is 3. The number of nitro benzene ring substituents is 1. The lowest BCUT2D eigenvalue weighted by molar-refractivity contribution is -0.384. The van der Waals surface area contributed by atoms with E-state index in [-0.39, 0.29) is 18.0 Å². The molecule has 0 aliphatic heterocycles. The fraction of sp³-hybridized carbons (Fsp3) is 0.0952. The van der Waals surface area contributed by atoms with Gasteiger partial charge in [-0.3, -0.25) is 14.9 Å². The Morgan fingerprint density at radius 2 is 1.69 bits per heavy atom. The Morgan fingerprint density at radius 3 is 2.34 bits per heavy atom. The van der Waals surface area contributed by atoms with E-state index in [1.54, 1.807) is 36.4 Å². The van der Waals surface area contributed by atoms with Crippen LogP contribution in [0.3, 0.4) is 0 Å². The van der Waals surface area contributed by atoms with Crippen LogP contribution in [0, 0.1) is 15.9 Å². The van der Waals surface area contributed by atoms with Gasteiger partial charge in [-0.05, 0) is 54.1 Å². The van der Waals surface area contributed by atoms with Crippen molar-refractivity contribution in [2.24, 2.45) is 0 Å². The molecule has 0 radical (unpaired) electrons. The molecule has 3 aromatic carbocycles. The van der Waals surface area contributed by atoms with Gasteiger partial charge in [-0.1, -0.05) is 12.1 Å². The standard InChI is InChI=1S/C21H18FN3O4/c22-15-7-9-16(10-8-15)24-19-4-2-1-3-18(19)21(27)23-13-20(26)14-5-11-17(12-6-14)25(28)29/h1-12,20,24,26H,13H2,(H,23,27). The maximum atomic E-state index is 13.1. The second kappa shape index (κ2) is 8.94. The topological polar surface area (TPSA) is 104 Å². The van der Waals surface area contributed by atoms with Crippen LogP contribution in [0.5, 0.6) is 0 Å². The number of carbonyl (C=O) groups is 1. The van der Waals surface area contributed by atoms with Crippen molar-refractivity contribution >= 4 is 23.0 Å². The Labute approximate surface area is 166 Å². The minimum absolute atomic E-state index is 0.0679. The molecule has 8 heteroatoms. The van der Waals surface area contributed by atoms with E-state index >= 15 is 0 Å². The van der Waals surface area contributed by atoms with Crippen molar-refractivity contribution in [2.75, 3.05) is 11.9 Å². The highest BCUT2D eigenvalue weighted by atomic mass is 19.1. The number of anilines is 2. The SMILES string of the molecule is O=C(NCC(O)c1ccc([N+](=O)[O-])cc1)c1ccccc1Nc1ccc(F)cc1. The Kier molecular flexibility index (Phi) is 6.16. The van der Waals surface area contributed by atoms with Crippen molar-refractivity contribution in [1.82, 2.24) is 5.32 Å². The molecular formula is C21H18FN3O4. The minimum atomic E-state index is -1.02. The van der Waals surface area contributed by atoms with Crippen molar-refractivity contribution in [3.8, 4) is 0 Å². The zero-order valence-electron chi connectivity index (χ0n) is 15.2. The fourth-order valence-electron chi connectivity index (χ4n) is 2.70. The summed E-state index contributed by atoms with van der Waals surface area (Å²) >= 11 is 0. The summed E-state index contributed by atoms with van der Waals surface area (Å²) in [6.07, 6.45) is -1.02. The van der Waals surface area contributed by atoms with Gasteiger partial charge < -0.3 is 15.7 Å². The number of nitro groups is 1. The molecule has 1 amide bonds. The summed E-state index contributed by atoms with van der Waals surface area (Å²) in [7, 11) is 0. The maximum absolute atomic E-state index is 13.1. The van der Waals surface area contributed by atoms with Crippen molar-refractivity contribution < 1.29 is 19.2 Å². The molecule has 29 heavy (non-hydrogen) atoms. The number of amides is 1. The van der Waals surface area contributed by atoms with E-state index in [0.29, 0.717) is 22.5 Å². The van der Waals surface area contributed by atoms with Crippen LogP contribution in [0.15, 0.2) is 72.8 Å². The lowest BCUT2D eigenvalue weighted by Crippen LogP contribution is -2.28. The largest absolute Gasteiger partial charge is 0.387 e. The van der Waals surface area contributed by atoms with E-state index in [9.17, 15) is 24.4 Å². The summed E-state index contributed by atoms with van der Waals surface area (Å²) in [5.74, 6) is -0.766. The summed E-state index contributed by atoms with van der Waals surface area (Å²) in [4.78, 5) is 22.7. The first kappa shape index (κ1) is 20.0. The number of halogens is 1.